The average Bonchev–Trinajstić information content (AvgIpc) is 1.88. The van der Waals surface area contributed by atoms with Gasteiger partial charge in [0.15, 0.2) is 0 Å². The fraction of sp³-hybridized carbons (Fsp3) is 1.00. The van der Waals surface area contributed by atoms with Crippen LogP contribution in [0.5, 0.6) is 0 Å². The van der Waals surface area contributed by atoms with Crippen LogP contribution in [-0.4, -0.2) is 17.3 Å². The molecule has 1 aliphatic carbocycles. The molecule has 0 spiro atoms. The molecular weight excluding hydrogens is 206 g/mol. The highest BCUT2D eigenvalue weighted by Crippen LogP contribution is 2.25. The van der Waals surface area contributed by atoms with Gasteiger partial charge in [-0.05, 0) is 38.5 Å². The molecule has 0 aliphatic heterocycles. The first-order chi connectivity index (χ1) is 4.70. The normalized spacial score (nSPS) is 34.1. The fourth-order valence-corrected chi connectivity index (χ4v) is 1.63. The lowest BCUT2D eigenvalue weighted by Crippen LogP contribution is -2.31. The second-order valence-corrected chi connectivity index (χ2v) is 3.43. The molecule has 3 heteroatoms. The zero-order valence-electron chi connectivity index (χ0n) is 6.99. The summed E-state index contributed by atoms with van der Waals surface area (Å²) in [5, 5.41) is 9.17. The van der Waals surface area contributed by atoms with Crippen molar-refractivity contribution in [3.8, 4) is 0 Å². The van der Waals surface area contributed by atoms with Crippen LogP contribution in [0.3, 0.4) is 0 Å². The van der Waals surface area contributed by atoms with Gasteiger partial charge in [0.05, 0.1) is 6.10 Å². The van der Waals surface area contributed by atoms with Gasteiger partial charge < -0.3 is 10.8 Å². The van der Waals surface area contributed by atoms with Crippen LogP contribution < -0.4 is 5.73 Å². The third-order valence-electron chi connectivity index (χ3n) is 2.48. The van der Waals surface area contributed by atoms with Crippen LogP contribution >= 0.6 is 17.0 Å². The molecule has 1 rings (SSSR count). The minimum absolute atomic E-state index is 0. The molecule has 3 N–H and O–H groups in total. The molecule has 1 fully saturated rings. The lowest BCUT2D eigenvalue weighted by Gasteiger charge is -2.27. The first kappa shape index (κ1) is 11.4. The Bertz CT molecular complexity index is 100. The van der Waals surface area contributed by atoms with E-state index in [1.54, 1.807) is 0 Å². The van der Waals surface area contributed by atoms with Crippen molar-refractivity contribution < 1.29 is 5.11 Å². The predicted octanol–water partition coefficient (Wildman–Crippen LogP) is 1.46. The molecule has 0 amide bonds. The molecule has 0 aromatic rings. The largest absolute Gasteiger partial charge is 0.393 e. The summed E-state index contributed by atoms with van der Waals surface area (Å²) in [7, 11) is 0. The number of hydrogen-bond acceptors (Lipinski definition) is 2. The van der Waals surface area contributed by atoms with Gasteiger partial charge in [0.25, 0.3) is 0 Å². The van der Waals surface area contributed by atoms with Gasteiger partial charge in [0.1, 0.15) is 0 Å². The lowest BCUT2D eigenvalue weighted by atomic mass is 9.84. The van der Waals surface area contributed by atoms with Gasteiger partial charge in [-0.3, -0.25) is 0 Å². The summed E-state index contributed by atoms with van der Waals surface area (Å²) in [4.78, 5) is 0. The highest BCUT2D eigenvalue weighted by molar-refractivity contribution is 8.93. The third kappa shape index (κ3) is 3.54. The van der Waals surface area contributed by atoms with E-state index in [1.165, 1.54) is 0 Å². The van der Waals surface area contributed by atoms with Gasteiger partial charge in [0, 0.05) is 6.04 Å². The average molecular weight is 224 g/mol. The molecule has 11 heavy (non-hydrogen) atoms. The maximum Gasteiger partial charge on any atom is 0.0540 e. The van der Waals surface area contributed by atoms with Crippen molar-refractivity contribution in [3.63, 3.8) is 0 Å². The number of hydrogen-bond donors (Lipinski definition) is 2. The predicted molar refractivity (Wildman–Crippen MR) is 51.9 cm³/mol. The number of rotatable bonds is 1. The summed E-state index contributed by atoms with van der Waals surface area (Å²) in [5.74, 6) is 0.656. The molecule has 1 aliphatic rings. The van der Waals surface area contributed by atoms with Gasteiger partial charge in [-0.15, -0.1) is 17.0 Å². The number of aliphatic hydroxyl groups excluding tert-OH is 1. The van der Waals surface area contributed by atoms with Crippen molar-refractivity contribution in [1.29, 1.82) is 0 Å². The van der Waals surface area contributed by atoms with Crippen molar-refractivity contribution in [2.45, 2.75) is 44.8 Å². The van der Waals surface area contributed by atoms with E-state index in [1.807, 2.05) is 0 Å². The van der Waals surface area contributed by atoms with E-state index in [0.29, 0.717) is 12.0 Å². The van der Waals surface area contributed by atoms with Crippen molar-refractivity contribution in [3.05, 3.63) is 0 Å². The van der Waals surface area contributed by atoms with Gasteiger partial charge in [-0.1, -0.05) is 0 Å². The van der Waals surface area contributed by atoms with E-state index >= 15 is 0 Å². The summed E-state index contributed by atoms with van der Waals surface area (Å²) < 4.78 is 0. The van der Waals surface area contributed by atoms with Crippen LogP contribution in [0.2, 0.25) is 0 Å². The van der Waals surface area contributed by atoms with Crippen molar-refractivity contribution in [2.24, 2.45) is 11.7 Å². The maximum absolute atomic E-state index is 9.17. The molecule has 0 aromatic carbocycles. The van der Waals surface area contributed by atoms with Crippen LogP contribution in [-0.2, 0) is 0 Å². The molecule has 0 heterocycles. The monoisotopic (exact) mass is 223 g/mol. The first-order valence-corrected chi connectivity index (χ1v) is 4.14. The molecule has 0 aromatic heterocycles. The van der Waals surface area contributed by atoms with Crippen LogP contribution in [0.15, 0.2) is 0 Å². The van der Waals surface area contributed by atoms with Crippen LogP contribution in [0.1, 0.15) is 32.6 Å². The minimum atomic E-state index is -0.0463. The zero-order chi connectivity index (χ0) is 7.56. The SMILES string of the molecule is Br.C[C@@H](N)C1CCC(O)CC1. The number of halogens is 1. The van der Waals surface area contributed by atoms with Gasteiger partial charge in [-0.25, -0.2) is 0 Å². The topological polar surface area (TPSA) is 46.2 Å². The Morgan fingerprint density at radius 3 is 2.09 bits per heavy atom. The molecule has 68 valence electrons. The Morgan fingerprint density at radius 2 is 1.73 bits per heavy atom. The molecule has 1 atom stereocenters. The van der Waals surface area contributed by atoms with Gasteiger partial charge in [0.2, 0.25) is 0 Å². The summed E-state index contributed by atoms with van der Waals surface area (Å²) in [6.07, 6.45) is 4.07. The molecule has 0 bridgehead atoms. The lowest BCUT2D eigenvalue weighted by molar-refractivity contribution is 0.103. The van der Waals surface area contributed by atoms with Crippen LogP contribution in [0.4, 0.5) is 0 Å². The van der Waals surface area contributed by atoms with Crippen LogP contribution in [0.25, 0.3) is 0 Å². The Labute approximate surface area is 78.9 Å². The van der Waals surface area contributed by atoms with Gasteiger partial charge in [-0.2, -0.15) is 0 Å². The van der Waals surface area contributed by atoms with Crippen molar-refractivity contribution >= 4 is 17.0 Å². The smallest absolute Gasteiger partial charge is 0.0540 e. The second-order valence-electron chi connectivity index (χ2n) is 3.43. The standard InChI is InChI=1S/C8H17NO.BrH/c1-6(9)7-2-4-8(10)5-3-7;/h6-8,10H,2-5,9H2,1H3;1H/t6-,7?,8?;/m1./s1. The van der Waals surface area contributed by atoms with Crippen molar-refractivity contribution in [1.82, 2.24) is 0 Å². The number of nitrogens with two attached hydrogens (primary N) is 1. The summed E-state index contributed by atoms with van der Waals surface area (Å²) >= 11 is 0. The van der Waals surface area contributed by atoms with E-state index in [0.717, 1.165) is 25.7 Å². The Hall–Kier alpha value is 0.400. The molecule has 0 saturated heterocycles. The molecule has 2 nitrogen and oxygen atoms in total. The Balaban J connectivity index is 0.000001000. The van der Waals surface area contributed by atoms with E-state index in [2.05, 4.69) is 6.92 Å². The molecule has 0 radical (unpaired) electrons. The van der Waals surface area contributed by atoms with E-state index in [-0.39, 0.29) is 23.1 Å². The molecule has 0 unspecified atom stereocenters. The van der Waals surface area contributed by atoms with E-state index < -0.39 is 0 Å². The summed E-state index contributed by atoms with van der Waals surface area (Å²) in [6, 6.07) is 0.312. The second kappa shape index (κ2) is 5.12. The van der Waals surface area contributed by atoms with Crippen LogP contribution in [0, 0.1) is 5.92 Å². The van der Waals surface area contributed by atoms with Crippen molar-refractivity contribution in [2.75, 3.05) is 0 Å². The first-order valence-electron chi connectivity index (χ1n) is 4.14. The van der Waals surface area contributed by atoms with E-state index in [4.69, 9.17) is 10.8 Å². The minimum Gasteiger partial charge on any atom is -0.393 e. The quantitative estimate of drug-likeness (QED) is 0.708. The highest BCUT2D eigenvalue weighted by atomic mass is 79.9. The molecule has 1 saturated carbocycles. The molecular formula is C8H18BrNO. The maximum atomic E-state index is 9.17. The Kier molecular flexibility index (Phi) is 5.30. The summed E-state index contributed by atoms with van der Waals surface area (Å²) in [5.41, 5.74) is 5.73. The Morgan fingerprint density at radius 1 is 1.27 bits per heavy atom. The third-order valence-corrected chi connectivity index (χ3v) is 2.48. The highest BCUT2D eigenvalue weighted by Gasteiger charge is 2.21. The summed E-state index contributed by atoms with van der Waals surface area (Å²) in [6.45, 7) is 2.06. The van der Waals surface area contributed by atoms with Gasteiger partial charge >= 0.3 is 0 Å². The van der Waals surface area contributed by atoms with E-state index in [9.17, 15) is 0 Å². The fourth-order valence-electron chi connectivity index (χ4n) is 1.63. The zero-order valence-corrected chi connectivity index (χ0v) is 8.71. The number of aliphatic hydroxyl groups is 1.